The minimum atomic E-state index is -1.28. The molecule has 1 nitrogen and oxygen atoms in total. The van der Waals surface area contributed by atoms with E-state index in [2.05, 4.69) is 58.5 Å². The van der Waals surface area contributed by atoms with Crippen LogP contribution in [0.5, 0.6) is 0 Å². The van der Waals surface area contributed by atoms with Crippen LogP contribution in [0, 0.1) is 0 Å². The lowest BCUT2D eigenvalue weighted by molar-refractivity contribution is 0.610. The number of aliphatic imine (C=N–C) groups is 1. The maximum Gasteiger partial charge on any atom is 0.0822 e. The average molecular weight is 436 g/mol. The first-order valence-electron chi connectivity index (χ1n) is 12.8. The van der Waals surface area contributed by atoms with Crippen LogP contribution in [0.15, 0.2) is 29.5 Å². The molecule has 0 aromatic heterocycles. The maximum atomic E-state index is 4.74. The first-order valence-corrected chi connectivity index (χ1v) is 18.2. The van der Waals surface area contributed by atoms with Crippen molar-refractivity contribution in [2.75, 3.05) is 6.54 Å². The van der Waals surface area contributed by atoms with Crippen LogP contribution < -0.4 is 0 Å². The van der Waals surface area contributed by atoms with Gasteiger partial charge in [0, 0.05) is 6.54 Å². The molecule has 0 radical (unpaired) electrons. The van der Waals surface area contributed by atoms with Gasteiger partial charge in [-0.05, 0) is 18.7 Å². The highest BCUT2D eigenvalue weighted by Crippen LogP contribution is 2.28. The third-order valence-electron chi connectivity index (χ3n) is 6.70. The van der Waals surface area contributed by atoms with Crippen LogP contribution in [-0.4, -0.2) is 28.9 Å². The Labute approximate surface area is 186 Å². The molecule has 0 aromatic rings. The Hall–Kier alpha value is -0.416. The van der Waals surface area contributed by atoms with Crippen molar-refractivity contribution < 1.29 is 0 Å². The van der Waals surface area contributed by atoms with Gasteiger partial charge in [-0.3, -0.25) is 4.99 Å². The normalized spacial score (nSPS) is 12.6. The molecule has 0 saturated carbocycles. The molecule has 0 N–H and O–H groups in total. The molecule has 0 aromatic carbocycles. The van der Waals surface area contributed by atoms with Crippen LogP contribution in [0.3, 0.4) is 0 Å². The van der Waals surface area contributed by atoms with Crippen molar-refractivity contribution in [1.29, 1.82) is 0 Å². The molecule has 0 saturated heterocycles. The van der Waals surface area contributed by atoms with Crippen molar-refractivity contribution >= 4 is 22.4 Å². The number of nitrogens with zero attached hydrogens (tertiary/aromatic N) is 1. The van der Waals surface area contributed by atoms with Gasteiger partial charge in [-0.1, -0.05) is 116 Å². The molecular formula is C26H53NSi2. The van der Waals surface area contributed by atoms with E-state index in [0.717, 1.165) is 6.54 Å². The number of hydrogen-bond donors (Lipinski definition) is 0. The van der Waals surface area contributed by atoms with E-state index in [9.17, 15) is 0 Å². The summed E-state index contributed by atoms with van der Waals surface area (Å²) in [6, 6.07) is 8.35. The van der Waals surface area contributed by atoms with Crippen molar-refractivity contribution in [1.82, 2.24) is 0 Å². The van der Waals surface area contributed by atoms with Crippen LogP contribution in [-0.2, 0) is 0 Å². The zero-order valence-electron chi connectivity index (χ0n) is 20.6. The summed E-state index contributed by atoms with van der Waals surface area (Å²) in [4.78, 5) is 4.74. The Morgan fingerprint density at radius 3 is 1.52 bits per heavy atom. The molecule has 0 fully saturated rings. The first-order chi connectivity index (χ1) is 14.1. The molecule has 0 heterocycles. The van der Waals surface area contributed by atoms with E-state index in [-0.39, 0.29) is 0 Å². The lowest BCUT2D eigenvalue weighted by Gasteiger charge is -2.27. The molecule has 0 bridgehead atoms. The summed E-state index contributed by atoms with van der Waals surface area (Å²) in [7, 11) is -2.43. The van der Waals surface area contributed by atoms with Gasteiger partial charge in [-0.15, -0.1) is 24.6 Å². The molecular weight excluding hydrogens is 382 g/mol. The molecule has 0 aliphatic heterocycles. The standard InChI is InChI=1S/C26H53NSi2/c1-7-21-28(11-5,22-8-2)25-18-16-14-13-15-17-19-27-20-26-29(12-6,23-9-3)24-10-4/h11-12,20H,5-10,13-19,21-26H2,1-4H3. The lowest BCUT2D eigenvalue weighted by atomic mass is 10.1. The van der Waals surface area contributed by atoms with Gasteiger partial charge in [-0.2, -0.15) is 0 Å². The molecule has 0 spiro atoms. The van der Waals surface area contributed by atoms with Gasteiger partial charge in [-0.25, -0.2) is 0 Å². The zero-order chi connectivity index (χ0) is 21.8. The maximum absolute atomic E-state index is 4.74. The Morgan fingerprint density at radius 1 is 0.586 bits per heavy atom. The highest BCUT2D eigenvalue weighted by molar-refractivity contribution is 6.86. The Balaban J connectivity index is 3.93. The predicted octanol–water partition coefficient (Wildman–Crippen LogP) is 9.39. The van der Waals surface area contributed by atoms with E-state index < -0.39 is 16.1 Å². The van der Waals surface area contributed by atoms with Crippen molar-refractivity contribution in [2.45, 2.75) is 128 Å². The van der Waals surface area contributed by atoms with Gasteiger partial charge in [0.25, 0.3) is 0 Å². The molecule has 0 rings (SSSR count). The van der Waals surface area contributed by atoms with E-state index in [4.69, 9.17) is 4.99 Å². The summed E-state index contributed by atoms with van der Waals surface area (Å²) in [5, 5.41) is 0. The highest BCUT2D eigenvalue weighted by Gasteiger charge is 2.27. The summed E-state index contributed by atoms with van der Waals surface area (Å²) in [6.07, 6.45) is 15.8. The molecule has 0 atom stereocenters. The molecule has 0 unspecified atom stereocenters. The minimum Gasteiger partial charge on any atom is -0.298 e. The van der Waals surface area contributed by atoms with E-state index in [1.165, 1.54) is 100 Å². The summed E-state index contributed by atoms with van der Waals surface area (Å²) >= 11 is 0. The second kappa shape index (κ2) is 18.4. The highest BCUT2D eigenvalue weighted by atomic mass is 28.3. The molecule has 170 valence electrons. The number of hydrogen-bond acceptors (Lipinski definition) is 1. The van der Waals surface area contributed by atoms with E-state index in [1.54, 1.807) is 0 Å². The summed E-state index contributed by atoms with van der Waals surface area (Å²) in [5.41, 5.74) is 4.74. The van der Waals surface area contributed by atoms with Gasteiger partial charge in [0.05, 0.1) is 16.1 Å². The van der Waals surface area contributed by atoms with Gasteiger partial charge >= 0.3 is 0 Å². The fraction of sp³-hybridized carbons (Fsp3) is 0.808. The Kier molecular flexibility index (Phi) is 18.1. The third-order valence-corrected chi connectivity index (χ3v) is 16.8. The van der Waals surface area contributed by atoms with Crippen molar-refractivity contribution in [3.05, 3.63) is 24.6 Å². The summed E-state index contributed by atoms with van der Waals surface area (Å²) in [5.74, 6) is 0. The molecule has 0 aliphatic rings. The second-order valence-electron chi connectivity index (χ2n) is 9.30. The quantitative estimate of drug-likeness (QED) is 0.0966. The van der Waals surface area contributed by atoms with Crippen LogP contribution in [0.1, 0.15) is 91.9 Å². The number of unbranched alkanes of at least 4 members (excludes halogenated alkanes) is 5. The second-order valence-corrected chi connectivity index (χ2v) is 18.5. The fourth-order valence-electron chi connectivity index (χ4n) is 5.01. The van der Waals surface area contributed by atoms with Gasteiger partial charge in [0.15, 0.2) is 0 Å². The van der Waals surface area contributed by atoms with Crippen LogP contribution in [0.2, 0.25) is 36.3 Å². The number of rotatable bonds is 21. The lowest BCUT2D eigenvalue weighted by Crippen LogP contribution is -2.31. The SMILES string of the molecule is C=C[Si](CC=NCCCCCCCC[Si](C=C)(CCC)CCC)(CCC)CCC. The predicted molar refractivity (Wildman–Crippen MR) is 143 cm³/mol. The summed E-state index contributed by atoms with van der Waals surface area (Å²) < 4.78 is 0. The average Bonchev–Trinajstić information content (AvgIpc) is 2.72. The Bertz CT molecular complexity index is 418. The van der Waals surface area contributed by atoms with Crippen LogP contribution in [0.25, 0.3) is 0 Å². The first kappa shape index (κ1) is 28.6. The smallest absolute Gasteiger partial charge is 0.0822 e. The minimum absolute atomic E-state index is 1.03. The largest absolute Gasteiger partial charge is 0.298 e. The van der Waals surface area contributed by atoms with Gasteiger partial charge in [0.1, 0.15) is 0 Å². The molecule has 0 aliphatic carbocycles. The molecule has 0 amide bonds. The molecule has 29 heavy (non-hydrogen) atoms. The van der Waals surface area contributed by atoms with Crippen LogP contribution in [0.4, 0.5) is 0 Å². The molecule has 3 heteroatoms. The van der Waals surface area contributed by atoms with Gasteiger partial charge < -0.3 is 0 Å². The van der Waals surface area contributed by atoms with Gasteiger partial charge in [0.2, 0.25) is 0 Å². The van der Waals surface area contributed by atoms with Crippen molar-refractivity contribution in [3.8, 4) is 0 Å². The van der Waals surface area contributed by atoms with Crippen LogP contribution >= 0.6 is 0 Å². The van der Waals surface area contributed by atoms with Crippen molar-refractivity contribution in [3.63, 3.8) is 0 Å². The monoisotopic (exact) mass is 435 g/mol. The summed E-state index contributed by atoms with van der Waals surface area (Å²) in [6.45, 7) is 18.7. The topological polar surface area (TPSA) is 12.4 Å². The van der Waals surface area contributed by atoms with E-state index >= 15 is 0 Å². The van der Waals surface area contributed by atoms with E-state index in [0.29, 0.717) is 0 Å². The fourth-order valence-corrected chi connectivity index (χ4v) is 13.0. The Morgan fingerprint density at radius 2 is 1.03 bits per heavy atom. The van der Waals surface area contributed by atoms with E-state index in [1.807, 2.05) is 0 Å². The zero-order valence-corrected chi connectivity index (χ0v) is 22.6. The third kappa shape index (κ3) is 12.8. The van der Waals surface area contributed by atoms with Crippen molar-refractivity contribution in [2.24, 2.45) is 4.99 Å².